The number of halogens is 1. The molecule has 5 fully saturated rings. The fourth-order valence-corrected chi connectivity index (χ4v) is 9.28. The van der Waals surface area contributed by atoms with E-state index in [0.29, 0.717) is 29.4 Å². The minimum Gasteiger partial charge on any atom is -0.444 e. The Labute approximate surface area is 313 Å². The monoisotopic (exact) mass is 740 g/mol. The van der Waals surface area contributed by atoms with E-state index < -0.39 is 71.9 Å². The molecule has 7 rings (SSSR count). The molecule has 0 radical (unpaired) electrons. The van der Waals surface area contributed by atoms with Crippen LogP contribution in [0.15, 0.2) is 18.2 Å². The zero-order chi connectivity index (χ0) is 38.8. The number of carbonyl (C=O) groups excluding carboxylic acids is 4. The Hall–Kier alpha value is -3.39. The molecule has 2 saturated heterocycles. The average Bonchev–Trinajstić information content (AvgIpc) is 3.77. The van der Waals surface area contributed by atoms with Crippen molar-refractivity contribution in [2.75, 3.05) is 6.54 Å². The van der Waals surface area contributed by atoms with Gasteiger partial charge in [0.15, 0.2) is 0 Å². The molecule has 1 aromatic carbocycles. The van der Waals surface area contributed by atoms with E-state index in [0.717, 1.165) is 19.3 Å². The molecule has 1 aromatic rings. The topological polar surface area (TPSA) is 136 Å². The van der Waals surface area contributed by atoms with Crippen LogP contribution in [0.3, 0.4) is 0 Å². The van der Waals surface area contributed by atoms with Gasteiger partial charge >= 0.3 is 19.3 Å². The van der Waals surface area contributed by atoms with Gasteiger partial charge in [0.2, 0.25) is 11.8 Å². The summed E-state index contributed by atoms with van der Waals surface area (Å²) in [6, 6.07) is 2.65. The molecule has 12 nitrogen and oxygen atoms in total. The van der Waals surface area contributed by atoms with Gasteiger partial charge in [-0.15, -0.1) is 0 Å². The number of carbonyl (C=O) groups is 4. The van der Waals surface area contributed by atoms with E-state index in [9.17, 15) is 23.6 Å². The molecule has 3 heterocycles. The molecule has 53 heavy (non-hydrogen) atoms. The summed E-state index contributed by atoms with van der Waals surface area (Å²) in [6.07, 6.45) is 1.07. The maximum atomic E-state index is 14.5. The number of benzene rings is 1. The molecule has 0 unspecified atom stereocenters. The summed E-state index contributed by atoms with van der Waals surface area (Å²) in [4.78, 5) is 58.1. The molecule has 3 aliphatic heterocycles. The Balaban J connectivity index is 1.21. The number of hydrogen-bond acceptors (Lipinski definition) is 8. The highest BCUT2D eigenvalue weighted by molar-refractivity contribution is 6.48. The predicted octanol–water partition coefficient (Wildman–Crippen LogP) is 5.74. The van der Waals surface area contributed by atoms with Crippen LogP contribution >= 0.6 is 0 Å². The van der Waals surface area contributed by atoms with Crippen LogP contribution in [-0.4, -0.2) is 88.9 Å². The Bertz CT molecular complexity index is 1610. The number of alkyl carbamates (subject to hydrolysis) is 1. The third kappa shape index (κ3) is 7.64. The van der Waals surface area contributed by atoms with Gasteiger partial charge in [0.1, 0.15) is 29.6 Å². The first-order chi connectivity index (χ1) is 24.6. The van der Waals surface area contributed by atoms with Crippen LogP contribution in [0.1, 0.15) is 112 Å². The first-order valence-corrected chi connectivity index (χ1v) is 19.3. The van der Waals surface area contributed by atoms with E-state index in [1.165, 1.54) is 15.9 Å². The molecule has 4 amide bonds. The van der Waals surface area contributed by atoms with E-state index in [2.05, 4.69) is 31.4 Å². The highest BCUT2D eigenvalue weighted by atomic mass is 19.1. The van der Waals surface area contributed by atoms with Crippen LogP contribution in [0.2, 0.25) is 0 Å². The number of amides is 4. The average molecular weight is 741 g/mol. The van der Waals surface area contributed by atoms with Gasteiger partial charge < -0.3 is 34.3 Å². The second-order valence-electron chi connectivity index (χ2n) is 18.7. The highest BCUT2D eigenvalue weighted by Gasteiger charge is 2.68. The lowest BCUT2D eigenvalue weighted by Gasteiger charge is -2.64. The lowest BCUT2D eigenvalue weighted by atomic mass is 9.43. The molecule has 14 heteroatoms. The van der Waals surface area contributed by atoms with Crippen LogP contribution in [-0.2, 0) is 41.5 Å². The molecule has 3 aliphatic carbocycles. The second kappa shape index (κ2) is 14.0. The summed E-state index contributed by atoms with van der Waals surface area (Å²) in [5.74, 6) is -0.865. The third-order valence-corrected chi connectivity index (χ3v) is 12.3. The van der Waals surface area contributed by atoms with Crippen molar-refractivity contribution in [2.24, 2.45) is 22.7 Å². The second-order valence-corrected chi connectivity index (χ2v) is 18.7. The molecule has 2 N–H and O–H groups in total. The number of rotatable bonds is 8. The Morgan fingerprint density at radius 3 is 2.38 bits per heavy atom. The minimum absolute atomic E-state index is 0.0330. The zero-order valence-electron chi connectivity index (χ0n) is 33.0. The summed E-state index contributed by atoms with van der Waals surface area (Å²) in [6.45, 7) is 19.6. The number of fused-ring (bicyclic) bond motifs is 1. The Morgan fingerprint density at radius 1 is 1.04 bits per heavy atom. The largest absolute Gasteiger partial charge is 0.481 e. The third-order valence-electron chi connectivity index (χ3n) is 12.3. The van der Waals surface area contributed by atoms with Crippen molar-refractivity contribution >= 4 is 31.1 Å². The fraction of sp³-hybridized carbons (Fsp3) is 0.744. The van der Waals surface area contributed by atoms with Crippen molar-refractivity contribution in [3.8, 4) is 0 Å². The van der Waals surface area contributed by atoms with E-state index in [1.54, 1.807) is 32.9 Å². The fourth-order valence-electron chi connectivity index (χ4n) is 9.28. The number of nitrogens with one attached hydrogen (secondary N) is 2. The van der Waals surface area contributed by atoms with Crippen molar-refractivity contribution < 1.29 is 42.4 Å². The van der Waals surface area contributed by atoms with Gasteiger partial charge in [-0.25, -0.2) is 14.0 Å². The minimum atomic E-state index is -1.07. The molecular weight excluding hydrogens is 682 g/mol. The lowest BCUT2D eigenvalue weighted by Crippen LogP contribution is -2.65. The van der Waals surface area contributed by atoms with Gasteiger partial charge in [-0.3, -0.25) is 14.5 Å². The summed E-state index contributed by atoms with van der Waals surface area (Å²) in [5, 5.41) is 5.91. The standard InChI is InChI=1S/C39H58BFN4O8/c1-11-13-30(40-52-29-17-23-16-28(38(23,8)9)39(29,10)53-40)42-32(46)27-18-24(50-35(49)44-19-22-14-12-15-26(41)25(22)21-44)20-45(27)33(47)31(36(2,3)4)43-34(48)51-37(5,6)7/h12,14-15,23-24,27-31H,11,13,16-21H2,1-10H3,(H,42,46)(H,43,48)/t23-,24-,27+,28-,29-,30+,31-,39+/m1/s1. The van der Waals surface area contributed by atoms with E-state index >= 15 is 0 Å². The van der Waals surface area contributed by atoms with Crippen molar-refractivity contribution in [1.82, 2.24) is 20.4 Å². The molecule has 0 spiro atoms. The normalized spacial score (nSPS) is 29.8. The van der Waals surface area contributed by atoms with Gasteiger partial charge in [-0.2, -0.15) is 0 Å². The first kappa shape index (κ1) is 39.3. The molecule has 292 valence electrons. The van der Waals surface area contributed by atoms with Gasteiger partial charge in [0.25, 0.3) is 0 Å². The zero-order valence-corrected chi connectivity index (χ0v) is 33.0. The van der Waals surface area contributed by atoms with Crippen LogP contribution in [0.25, 0.3) is 0 Å². The van der Waals surface area contributed by atoms with Gasteiger partial charge in [-0.05, 0) is 81.3 Å². The summed E-state index contributed by atoms with van der Waals surface area (Å²) >= 11 is 0. The van der Waals surface area contributed by atoms with E-state index in [-0.39, 0.29) is 43.4 Å². The summed E-state index contributed by atoms with van der Waals surface area (Å²) < 4.78 is 39.2. The predicted molar refractivity (Wildman–Crippen MR) is 196 cm³/mol. The SMILES string of the molecule is CCC[C@H](NC(=O)[C@@H]1C[C@@H](OC(=O)N2Cc3cccc(F)c3C2)CN1C(=O)[C@@H](NC(=O)OC(C)(C)C)C(C)(C)C)B1O[C@@H]2C[C@H]3C[C@H](C3(C)C)[C@]2(C)O1. The van der Waals surface area contributed by atoms with Crippen molar-refractivity contribution in [3.05, 3.63) is 35.1 Å². The van der Waals surface area contributed by atoms with Gasteiger partial charge in [0.05, 0.1) is 30.7 Å². The lowest BCUT2D eigenvalue weighted by molar-refractivity contribution is -0.199. The highest BCUT2D eigenvalue weighted by Crippen LogP contribution is 2.65. The van der Waals surface area contributed by atoms with Crippen LogP contribution < -0.4 is 10.6 Å². The molecule has 3 saturated carbocycles. The number of nitrogens with zero attached hydrogens (tertiary/aromatic N) is 2. The quantitative estimate of drug-likeness (QED) is 0.323. The van der Waals surface area contributed by atoms with Gasteiger partial charge in [0, 0.05) is 18.5 Å². The number of ether oxygens (including phenoxy) is 2. The summed E-state index contributed by atoms with van der Waals surface area (Å²) in [5.41, 5.74) is -0.722. The first-order valence-electron chi connectivity index (χ1n) is 19.3. The number of likely N-dealkylation sites (tertiary alicyclic amines) is 1. The number of hydrogen-bond donors (Lipinski definition) is 2. The van der Waals surface area contributed by atoms with Crippen LogP contribution in [0, 0.1) is 28.5 Å². The molecule has 2 bridgehead atoms. The van der Waals surface area contributed by atoms with Crippen molar-refractivity contribution in [1.29, 1.82) is 0 Å². The van der Waals surface area contributed by atoms with Gasteiger partial charge in [-0.1, -0.05) is 60.1 Å². The summed E-state index contributed by atoms with van der Waals surface area (Å²) in [7, 11) is -0.656. The smallest absolute Gasteiger partial charge is 0.444 e. The van der Waals surface area contributed by atoms with E-state index in [4.69, 9.17) is 18.8 Å². The Kier molecular flexibility index (Phi) is 10.4. The molecule has 6 aliphatic rings. The molecule has 0 aromatic heterocycles. The van der Waals surface area contributed by atoms with Crippen molar-refractivity contribution in [2.45, 2.75) is 156 Å². The molecular formula is C39H58BFN4O8. The maximum absolute atomic E-state index is 14.5. The van der Waals surface area contributed by atoms with Crippen LogP contribution in [0.5, 0.6) is 0 Å². The Morgan fingerprint density at radius 2 is 1.75 bits per heavy atom. The van der Waals surface area contributed by atoms with Crippen molar-refractivity contribution in [3.63, 3.8) is 0 Å². The molecule has 8 atom stereocenters. The maximum Gasteiger partial charge on any atom is 0.481 e. The van der Waals surface area contributed by atoms with E-state index in [1.807, 2.05) is 27.7 Å². The van der Waals surface area contributed by atoms with Crippen LogP contribution in [0.4, 0.5) is 14.0 Å².